The van der Waals surface area contributed by atoms with Crippen LogP contribution in [-0.2, 0) is 10.9 Å². The Morgan fingerprint density at radius 1 is 1.56 bits per heavy atom. The first-order valence-electron chi connectivity index (χ1n) is 5.49. The molecule has 5 nitrogen and oxygen atoms in total. The average Bonchev–Trinajstić information content (AvgIpc) is 2.77. The van der Waals surface area contributed by atoms with Gasteiger partial charge in [-0.3, -0.25) is 9.78 Å². The summed E-state index contributed by atoms with van der Waals surface area (Å²) in [6, 6.07) is 0.428. The van der Waals surface area contributed by atoms with Crippen molar-refractivity contribution >= 4 is 5.95 Å². The van der Waals surface area contributed by atoms with Crippen molar-refractivity contribution in [2.75, 3.05) is 18.5 Å². The van der Waals surface area contributed by atoms with Crippen molar-refractivity contribution in [2.24, 2.45) is 0 Å². The van der Waals surface area contributed by atoms with Gasteiger partial charge in [-0.25, -0.2) is 4.98 Å². The van der Waals surface area contributed by atoms with Gasteiger partial charge in [-0.1, -0.05) is 0 Å². The molecule has 0 saturated carbocycles. The van der Waals surface area contributed by atoms with Crippen molar-refractivity contribution < 1.29 is 17.9 Å². The van der Waals surface area contributed by atoms with E-state index in [2.05, 4.69) is 15.3 Å². The molecule has 0 aliphatic carbocycles. The second-order valence-corrected chi connectivity index (χ2v) is 3.99. The molecule has 0 unspecified atom stereocenters. The molecule has 0 amide bonds. The van der Waals surface area contributed by atoms with Crippen LogP contribution in [0, 0.1) is 0 Å². The zero-order valence-electron chi connectivity index (χ0n) is 9.38. The van der Waals surface area contributed by atoms with E-state index in [0.29, 0.717) is 19.2 Å². The van der Waals surface area contributed by atoms with Crippen LogP contribution in [0.4, 0.5) is 19.1 Å². The molecule has 0 spiro atoms. The number of alkyl halides is 3. The fourth-order valence-corrected chi connectivity index (χ4v) is 1.70. The zero-order valence-corrected chi connectivity index (χ0v) is 9.38. The molecule has 1 aliphatic rings. The molecule has 0 bridgehead atoms. The Bertz CT molecular complexity index is 466. The van der Waals surface area contributed by atoms with Gasteiger partial charge in [-0.15, -0.1) is 0 Å². The first-order chi connectivity index (χ1) is 8.45. The van der Waals surface area contributed by atoms with Gasteiger partial charge in [-0.05, 0) is 12.8 Å². The number of rotatable bonds is 3. The van der Waals surface area contributed by atoms with Crippen molar-refractivity contribution in [3.8, 4) is 0 Å². The number of ether oxygens (including phenoxy) is 1. The first kappa shape index (κ1) is 12.9. The third kappa shape index (κ3) is 3.22. The molecule has 0 radical (unpaired) electrons. The fourth-order valence-electron chi connectivity index (χ4n) is 1.70. The van der Waals surface area contributed by atoms with Crippen molar-refractivity contribution in [2.45, 2.75) is 25.1 Å². The van der Waals surface area contributed by atoms with Crippen molar-refractivity contribution in [1.29, 1.82) is 0 Å². The van der Waals surface area contributed by atoms with E-state index < -0.39 is 17.4 Å². The molecule has 1 atom stereocenters. The summed E-state index contributed by atoms with van der Waals surface area (Å²) in [5.41, 5.74) is -2.05. The molecule has 1 aliphatic heterocycles. The number of halogens is 3. The van der Waals surface area contributed by atoms with E-state index in [-0.39, 0.29) is 12.1 Å². The van der Waals surface area contributed by atoms with Gasteiger partial charge in [0.15, 0.2) is 5.69 Å². The predicted molar refractivity (Wildman–Crippen MR) is 57.3 cm³/mol. The third-order valence-corrected chi connectivity index (χ3v) is 2.55. The normalized spacial score (nSPS) is 20.1. The number of nitrogens with zero attached hydrogens (tertiary/aromatic N) is 1. The molecule has 2 rings (SSSR count). The minimum absolute atomic E-state index is 0.0511. The lowest BCUT2D eigenvalue weighted by atomic mass is 10.2. The van der Waals surface area contributed by atoms with Gasteiger partial charge < -0.3 is 10.1 Å². The van der Waals surface area contributed by atoms with E-state index in [4.69, 9.17) is 4.74 Å². The SMILES string of the molecule is O=c1cc(C(F)(F)F)nc(NC[C@@H]2CCCO2)[nH]1. The number of anilines is 1. The molecule has 100 valence electrons. The first-order valence-corrected chi connectivity index (χ1v) is 5.49. The summed E-state index contributed by atoms with van der Waals surface area (Å²) < 4.78 is 42.6. The predicted octanol–water partition coefficient (Wildman–Crippen LogP) is 1.38. The lowest BCUT2D eigenvalue weighted by molar-refractivity contribution is -0.141. The Labute approximate surface area is 100 Å². The molecule has 18 heavy (non-hydrogen) atoms. The minimum Gasteiger partial charge on any atom is -0.376 e. The summed E-state index contributed by atoms with van der Waals surface area (Å²) in [4.78, 5) is 16.6. The van der Waals surface area contributed by atoms with Crippen LogP contribution in [0.15, 0.2) is 10.9 Å². The molecular weight excluding hydrogens is 251 g/mol. The van der Waals surface area contributed by atoms with Crippen molar-refractivity contribution in [3.05, 3.63) is 22.1 Å². The summed E-state index contributed by atoms with van der Waals surface area (Å²) in [5.74, 6) is -0.190. The Balaban J connectivity index is 2.08. The van der Waals surface area contributed by atoms with E-state index in [0.717, 1.165) is 12.8 Å². The molecule has 2 N–H and O–H groups in total. The molecule has 1 fully saturated rings. The maximum absolute atomic E-state index is 12.4. The highest BCUT2D eigenvalue weighted by molar-refractivity contribution is 5.26. The molecule has 1 saturated heterocycles. The number of aromatic nitrogens is 2. The summed E-state index contributed by atoms with van der Waals surface area (Å²) in [7, 11) is 0. The Morgan fingerprint density at radius 2 is 2.33 bits per heavy atom. The van der Waals surface area contributed by atoms with Crippen molar-refractivity contribution in [1.82, 2.24) is 9.97 Å². The van der Waals surface area contributed by atoms with Gasteiger partial charge in [0.1, 0.15) is 0 Å². The van der Waals surface area contributed by atoms with Crippen LogP contribution in [-0.4, -0.2) is 29.2 Å². The topological polar surface area (TPSA) is 67.0 Å². The largest absolute Gasteiger partial charge is 0.433 e. The number of H-pyrrole nitrogens is 1. The van der Waals surface area contributed by atoms with E-state index in [1.807, 2.05) is 0 Å². The molecule has 2 heterocycles. The fraction of sp³-hybridized carbons (Fsp3) is 0.600. The van der Waals surface area contributed by atoms with E-state index in [9.17, 15) is 18.0 Å². The van der Waals surface area contributed by atoms with E-state index in [1.165, 1.54) is 0 Å². The Hall–Kier alpha value is -1.57. The van der Waals surface area contributed by atoms with Crippen LogP contribution in [0.5, 0.6) is 0 Å². The number of hydrogen-bond acceptors (Lipinski definition) is 4. The molecule has 1 aromatic heterocycles. The molecule has 1 aromatic rings. The van der Waals surface area contributed by atoms with Crippen LogP contribution >= 0.6 is 0 Å². The van der Waals surface area contributed by atoms with Gasteiger partial charge >= 0.3 is 6.18 Å². The van der Waals surface area contributed by atoms with Crippen LogP contribution < -0.4 is 10.9 Å². The van der Waals surface area contributed by atoms with Crippen LogP contribution in [0.3, 0.4) is 0 Å². The maximum Gasteiger partial charge on any atom is 0.433 e. The summed E-state index contributed by atoms with van der Waals surface area (Å²) in [5, 5.41) is 2.65. The maximum atomic E-state index is 12.4. The highest BCUT2D eigenvalue weighted by Gasteiger charge is 2.33. The van der Waals surface area contributed by atoms with Crippen LogP contribution in [0.1, 0.15) is 18.5 Å². The number of nitrogens with one attached hydrogen (secondary N) is 2. The lowest BCUT2D eigenvalue weighted by Crippen LogP contribution is -2.23. The van der Waals surface area contributed by atoms with Gasteiger partial charge in [0.25, 0.3) is 5.56 Å². The number of aromatic amines is 1. The highest BCUT2D eigenvalue weighted by atomic mass is 19.4. The van der Waals surface area contributed by atoms with Crippen molar-refractivity contribution in [3.63, 3.8) is 0 Å². The molecular formula is C10H12F3N3O2. The lowest BCUT2D eigenvalue weighted by Gasteiger charge is -2.12. The van der Waals surface area contributed by atoms with Gasteiger partial charge in [-0.2, -0.15) is 13.2 Å². The van der Waals surface area contributed by atoms with E-state index >= 15 is 0 Å². The minimum atomic E-state index is -4.63. The van der Waals surface area contributed by atoms with Crippen LogP contribution in [0.2, 0.25) is 0 Å². The highest BCUT2D eigenvalue weighted by Crippen LogP contribution is 2.26. The van der Waals surface area contributed by atoms with Gasteiger partial charge in [0.05, 0.1) is 6.10 Å². The van der Waals surface area contributed by atoms with Gasteiger partial charge in [0.2, 0.25) is 5.95 Å². The Kier molecular flexibility index (Phi) is 3.55. The smallest absolute Gasteiger partial charge is 0.376 e. The third-order valence-electron chi connectivity index (χ3n) is 2.55. The molecule has 8 heteroatoms. The summed E-state index contributed by atoms with van der Waals surface area (Å²) in [6.45, 7) is 0.975. The quantitative estimate of drug-likeness (QED) is 0.864. The summed E-state index contributed by atoms with van der Waals surface area (Å²) in [6.07, 6.45) is -2.91. The average molecular weight is 263 g/mol. The standard InChI is InChI=1S/C10H12F3N3O2/c11-10(12,13)7-4-8(17)16-9(15-7)14-5-6-2-1-3-18-6/h4,6H,1-3,5H2,(H2,14,15,16,17)/t6-/m0/s1. The second-order valence-electron chi connectivity index (χ2n) is 3.99. The molecule has 0 aromatic carbocycles. The summed E-state index contributed by atoms with van der Waals surface area (Å²) >= 11 is 0. The monoisotopic (exact) mass is 263 g/mol. The van der Waals surface area contributed by atoms with Crippen LogP contribution in [0.25, 0.3) is 0 Å². The van der Waals surface area contributed by atoms with Gasteiger partial charge in [0, 0.05) is 19.2 Å². The number of hydrogen-bond donors (Lipinski definition) is 2. The van der Waals surface area contributed by atoms with E-state index in [1.54, 1.807) is 0 Å². The second kappa shape index (κ2) is 4.97. The zero-order chi connectivity index (χ0) is 13.2. The Morgan fingerprint density at radius 3 is 2.94 bits per heavy atom.